The van der Waals surface area contributed by atoms with E-state index >= 15 is 0 Å². The number of halogens is 4. The first kappa shape index (κ1) is 24.1. The molecule has 0 saturated carbocycles. The van der Waals surface area contributed by atoms with Crippen molar-refractivity contribution in [2.75, 3.05) is 26.0 Å². The van der Waals surface area contributed by atoms with E-state index < -0.39 is 24.2 Å². The minimum atomic E-state index is -4.51. The molecule has 10 heteroatoms. The quantitative estimate of drug-likeness (QED) is 0.495. The van der Waals surface area contributed by atoms with Crippen LogP contribution < -0.4 is 10.6 Å². The molecule has 1 aliphatic heterocycles. The van der Waals surface area contributed by atoms with Gasteiger partial charge < -0.3 is 15.5 Å². The van der Waals surface area contributed by atoms with Crippen LogP contribution in [0.1, 0.15) is 46.0 Å². The van der Waals surface area contributed by atoms with Gasteiger partial charge in [-0.3, -0.25) is 4.79 Å². The van der Waals surface area contributed by atoms with E-state index in [2.05, 4.69) is 15.7 Å². The Bertz CT molecular complexity index is 1150. The van der Waals surface area contributed by atoms with Gasteiger partial charge in [0.15, 0.2) is 6.04 Å². The molecule has 0 saturated heterocycles. The fourth-order valence-corrected chi connectivity index (χ4v) is 4.50. The molecule has 0 aliphatic carbocycles. The second-order valence-electron chi connectivity index (χ2n) is 8.46. The Morgan fingerprint density at radius 2 is 1.88 bits per heavy atom. The van der Waals surface area contributed by atoms with Crippen LogP contribution in [0.15, 0.2) is 60.8 Å². The number of aromatic nitrogens is 2. The lowest BCUT2D eigenvalue weighted by molar-refractivity contribution is -0.173. The second kappa shape index (κ2) is 9.68. The summed E-state index contributed by atoms with van der Waals surface area (Å²) < 4.78 is 42.5. The summed E-state index contributed by atoms with van der Waals surface area (Å²) in [6.07, 6.45) is -3.55. The summed E-state index contributed by atoms with van der Waals surface area (Å²) in [6, 6.07) is 13.5. The molecular weight excluding hydrogens is 467 g/mol. The molecule has 4 rings (SSSR count). The predicted molar refractivity (Wildman–Crippen MR) is 125 cm³/mol. The third kappa shape index (κ3) is 4.90. The first-order chi connectivity index (χ1) is 16.2. The topological polar surface area (TPSA) is 62.2 Å². The van der Waals surface area contributed by atoms with Crippen LogP contribution in [0.2, 0.25) is 5.02 Å². The second-order valence-corrected chi connectivity index (χ2v) is 8.87. The number of fused-ring (bicyclic) bond motifs is 1. The molecular formula is C24H25ClF3N5O. The third-order valence-electron chi connectivity index (χ3n) is 6.03. The highest BCUT2D eigenvalue weighted by atomic mass is 35.5. The van der Waals surface area contributed by atoms with Gasteiger partial charge in [0.1, 0.15) is 11.4 Å². The monoisotopic (exact) mass is 491 g/mol. The maximum atomic E-state index is 13.9. The molecule has 2 N–H and O–H groups in total. The van der Waals surface area contributed by atoms with E-state index in [-0.39, 0.29) is 30.4 Å². The minimum absolute atomic E-state index is 0.0547. The number of carbonyl (C=O) groups is 1. The lowest BCUT2D eigenvalue weighted by Gasteiger charge is -2.34. The van der Waals surface area contributed by atoms with Crippen molar-refractivity contribution >= 4 is 23.3 Å². The zero-order chi connectivity index (χ0) is 24.5. The van der Waals surface area contributed by atoms with Gasteiger partial charge >= 0.3 is 6.18 Å². The Hall–Kier alpha value is -3.04. The van der Waals surface area contributed by atoms with E-state index in [9.17, 15) is 18.0 Å². The maximum absolute atomic E-state index is 13.9. The van der Waals surface area contributed by atoms with E-state index in [0.717, 1.165) is 10.2 Å². The number of nitrogens with zero attached hydrogens (tertiary/aromatic N) is 3. The molecule has 1 aliphatic rings. The molecule has 0 bridgehead atoms. The van der Waals surface area contributed by atoms with Gasteiger partial charge in [-0.25, -0.2) is 4.68 Å². The van der Waals surface area contributed by atoms with E-state index in [1.54, 1.807) is 36.4 Å². The average molecular weight is 492 g/mol. The van der Waals surface area contributed by atoms with Crippen molar-refractivity contribution in [1.82, 2.24) is 20.0 Å². The number of nitrogens with one attached hydrogen (secondary N) is 2. The highest BCUT2D eigenvalue weighted by Crippen LogP contribution is 2.44. The lowest BCUT2D eigenvalue weighted by atomic mass is 9.96. The van der Waals surface area contributed by atoms with Crippen molar-refractivity contribution in [2.24, 2.45) is 0 Å². The minimum Gasteiger partial charge on any atom is -0.363 e. The van der Waals surface area contributed by atoms with Gasteiger partial charge in [-0.05, 0) is 31.3 Å². The Kier molecular flexibility index (Phi) is 6.86. The highest BCUT2D eigenvalue weighted by molar-refractivity contribution is 6.31. The Balaban J connectivity index is 1.59. The molecule has 2 aromatic carbocycles. The summed E-state index contributed by atoms with van der Waals surface area (Å²) in [4.78, 5) is 15.0. The number of amides is 1. The molecule has 34 heavy (non-hydrogen) atoms. The van der Waals surface area contributed by atoms with E-state index in [1.165, 1.54) is 6.20 Å². The van der Waals surface area contributed by atoms with Crippen molar-refractivity contribution in [3.8, 4) is 0 Å². The smallest absolute Gasteiger partial charge is 0.363 e. The molecule has 2 heterocycles. The highest BCUT2D eigenvalue weighted by Gasteiger charge is 2.47. The molecule has 1 amide bonds. The number of benzene rings is 2. The molecule has 3 atom stereocenters. The van der Waals surface area contributed by atoms with Gasteiger partial charge in [0.25, 0.3) is 5.91 Å². The summed E-state index contributed by atoms with van der Waals surface area (Å²) >= 11 is 6.34. The summed E-state index contributed by atoms with van der Waals surface area (Å²) in [6.45, 7) is 0.213. The summed E-state index contributed by atoms with van der Waals surface area (Å²) in [5, 5.41) is 10.4. The van der Waals surface area contributed by atoms with Crippen LogP contribution in [0, 0.1) is 0 Å². The summed E-state index contributed by atoms with van der Waals surface area (Å²) in [5.41, 5.74) is 1.61. The number of alkyl halides is 3. The number of hydrogen-bond acceptors (Lipinski definition) is 4. The standard InChI is InChI=1S/C24H25ClF3N5O/c1-32(2)20(16-10-6-7-11-18(16)25)14-29-23(34)17-13-30-33-21(24(26,27)28)12-19(31-22(17)33)15-8-4-3-5-9-15/h3-11,13,19-21,31H,12,14H2,1-2H3,(H,29,34)/t19?,20?,21-/m0/s1. The predicted octanol–water partition coefficient (Wildman–Crippen LogP) is 5.23. The molecule has 6 nitrogen and oxygen atoms in total. The number of hydrogen-bond donors (Lipinski definition) is 2. The average Bonchev–Trinajstić information content (AvgIpc) is 3.23. The van der Waals surface area contributed by atoms with Crippen LogP contribution >= 0.6 is 11.6 Å². The van der Waals surface area contributed by atoms with Crippen LogP contribution in [-0.2, 0) is 0 Å². The molecule has 0 spiro atoms. The zero-order valence-corrected chi connectivity index (χ0v) is 19.4. The van der Waals surface area contributed by atoms with E-state index in [4.69, 9.17) is 11.6 Å². The van der Waals surface area contributed by atoms with Crippen molar-refractivity contribution in [3.05, 3.63) is 82.5 Å². The van der Waals surface area contributed by atoms with Gasteiger partial charge in [-0.15, -0.1) is 0 Å². The number of anilines is 1. The van der Waals surface area contributed by atoms with Crippen LogP contribution in [-0.4, -0.2) is 47.4 Å². The number of carbonyl (C=O) groups excluding carboxylic acids is 1. The Morgan fingerprint density at radius 1 is 1.21 bits per heavy atom. The Labute approximate surface area is 200 Å². The third-order valence-corrected chi connectivity index (χ3v) is 6.37. The first-order valence-electron chi connectivity index (χ1n) is 10.8. The van der Waals surface area contributed by atoms with Crippen LogP contribution in [0.4, 0.5) is 19.0 Å². The fourth-order valence-electron chi connectivity index (χ4n) is 4.23. The zero-order valence-electron chi connectivity index (χ0n) is 18.7. The first-order valence-corrected chi connectivity index (χ1v) is 11.2. The molecule has 0 fully saturated rings. The summed E-state index contributed by atoms with van der Waals surface area (Å²) in [7, 11) is 3.73. The van der Waals surface area contributed by atoms with E-state index in [1.807, 2.05) is 37.2 Å². The van der Waals surface area contributed by atoms with Crippen molar-refractivity contribution in [2.45, 2.75) is 30.7 Å². The lowest BCUT2D eigenvalue weighted by Crippen LogP contribution is -2.37. The van der Waals surface area contributed by atoms with Gasteiger partial charge in [0, 0.05) is 18.0 Å². The molecule has 180 valence electrons. The summed E-state index contributed by atoms with van der Waals surface area (Å²) in [5.74, 6) is -0.457. The number of likely N-dealkylation sites (N-methyl/N-ethyl adjacent to an activating group) is 1. The SMILES string of the molecule is CN(C)C(CNC(=O)c1cnn2c1NC(c1ccccc1)C[C@H]2C(F)(F)F)c1ccccc1Cl. The van der Waals surface area contributed by atoms with Crippen molar-refractivity contribution < 1.29 is 18.0 Å². The van der Waals surface area contributed by atoms with Gasteiger partial charge in [0.2, 0.25) is 0 Å². The van der Waals surface area contributed by atoms with Gasteiger partial charge in [-0.1, -0.05) is 60.1 Å². The maximum Gasteiger partial charge on any atom is 0.410 e. The molecule has 2 unspecified atom stereocenters. The van der Waals surface area contributed by atoms with Crippen molar-refractivity contribution in [3.63, 3.8) is 0 Å². The molecule has 3 aromatic rings. The van der Waals surface area contributed by atoms with Crippen LogP contribution in [0.3, 0.4) is 0 Å². The fraction of sp³-hybridized carbons (Fsp3) is 0.333. The molecule has 1 aromatic heterocycles. The van der Waals surface area contributed by atoms with E-state index in [0.29, 0.717) is 10.6 Å². The largest absolute Gasteiger partial charge is 0.410 e. The van der Waals surface area contributed by atoms with Crippen LogP contribution in [0.5, 0.6) is 0 Å². The number of rotatable bonds is 6. The van der Waals surface area contributed by atoms with Gasteiger partial charge in [-0.2, -0.15) is 18.3 Å². The van der Waals surface area contributed by atoms with Crippen LogP contribution in [0.25, 0.3) is 0 Å². The Morgan fingerprint density at radius 3 is 2.53 bits per heavy atom. The van der Waals surface area contributed by atoms with Crippen molar-refractivity contribution in [1.29, 1.82) is 0 Å². The molecule has 0 radical (unpaired) electrons. The normalized spacial score (nSPS) is 18.8. The van der Waals surface area contributed by atoms with Gasteiger partial charge in [0.05, 0.1) is 18.3 Å².